The predicted octanol–water partition coefficient (Wildman–Crippen LogP) is 3.15. The SMILES string of the molecule is CN(CCc1cccs1)c1cc(F)ccc1N. The molecule has 0 spiro atoms. The number of rotatable bonds is 4. The smallest absolute Gasteiger partial charge is 0.125 e. The normalized spacial score (nSPS) is 10.5. The van der Waals surface area contributed by atoms with Crippen LogP contribution >= 0.6 is 11.3 Å². The Hall–Kier alpha value is -1.55. The van der Waals surface area contributed by atoms with Gasteiger partial charge in [0.15, 0.2) is 0 Å². The summed E-state index contributed by atoms with van der Waals surface area (Å²) >= 11 is 1.74. The van der Waals surface area contributed by atoms with Crippen molar-refractivity contribution < 1.29 is 4.39 Å². The van der Waals surface area contributed by atoms with Crippen LogP contribution in [0, 0.1) is 5.82 Å². The fourth-order valence-electron chi connectivity index (χ4n) is 1.70. The fraction of sp³-hybridized carbons (Fsp3) is 0.231. The van der Waals surface area contributed by atoms with Crippen LogP contribution in [0.4, 0.5) is 15.8 Å². The van der Waals surface area contributed by atoms with E-state index in [1.807, 2.05) is 18.0 Å². The highest BCUT2D eigenvalue weighted by Gasteiger charge is 2.07. The quantitative estimate of drug-likeness (QED) is 0.845. The van der Waals surface area contributed by atoms with E-state index in [0.717, 1.165) is 18.7 Å². The van der Waals surface area contributed by atoms with Gasteiger partial charge in [-0.25, -0.2) is 4.39 Å². The molecule has 0 amide bonds. The standard InChI is InChI=1S/C13H15FN2S/c1-16(7-6-11-3-2-8-17-11)13-9-10(14)4-5-12(13)15/h2-5,8-9H,6-7,15H2,1H3. The molecule has 2 N–H and O–H groups in total. The minimum Gasteiger partial charge on any atom is -0.397 e. The highest BCUT2D eigenvalue weighted by Crippen LogP contribution is 2.23. The lowest BCUT2D eigenvalue weighted by Gasteiger charge is -2.20. The maximum atomic E-state index is 13.1. The largest absolute Gasteiger partial charge is 0.397 e. The van der Waals surface area contributed by atoms with Crippen LogP contribution in [0.3, 0.4) is 0 Å². The minimum absolute atomic E-state index is 0.253. The molecule has 0 aliphatic carbocycles. The van der Waals surface area contributed by atoms with Crippen LogP contribution in [0.25, 0.3) is 0 Å². The van der Waals surface area contributed by atoms with Crippen molar-refractivity contribution in [2.24, 2.45) is 0 Å². The van der Waals surface area contributed by atoms with Crippen molar-refractivity contribution in [2.75, 3.05) is 24.2 Å². The number of thiophene rings is 1. The van der Waals surface area contributed by atoms with E-state index in [4.69, 9.17) is 5.73 Å². The third-order valence-corrected chi connectivity index (χ3v) is 3.61. The van der Waals surface area contributed by atoms with E-state index in [2.05, 4.69) is 11.4 Å². The first-order valence-corrected chi connectivity index (χ1v) is 6.33. The second kappa shape index (κ2) is 5.19. The third kappa shape index (κ3) is 2.97. The van der Waals surface area contributed by atoms with Crippen LogP contribution < -0.4 is 10.6 Å². The molecular formula is C13H15FN2S. The summed E-state index contributed by atoms with van der Waals surface area (Å²) in [4.78, 5) is 3.31. The summed E-state index contributed by atoms with van der Waals surface area (Å²) in [6, 6.07) is 8.60. The summed E-state index contributed by atoms with van der Waals surface area (Å²) < 4.78 is 13.1. The first-order valence-electron chi connectivity index (χ1n) is 5.45. The van der Waals surface area contributed by atoms with Crippen molar-refractivity contribution in [3.05, 3.63) is 46.4 Å². The Morgan fingerprint density at radius 3 is 2.88 bits per heavy atom. The predicted molar refractivity (Wildman–Crippen MR) is 72.1 cm³/mol. The minimum atomic E-state index is -0.253. The summed E-state index contributed by atoms with van der Waals surface area (Å²) in [5.41, 5.74) is 7.20. The van der Waals surface area contributed by atoms with Gasteiger partial charge in [0, 0.05) is 18.5 Å². The number of anilines is 2. The van der Waals surface area contributed by atoms with E-state index < -0.39 is 0 Å². The van der Waals surface area contributed by atoms with E-state index in [1.54, 1.807) is 17.4 Å². The molecule has 2 nitrogen and oxygen atoms in total. The molecule has 1 heterocycles. The Kier molecular flexibility index (Phi) is 3.64. The number of nitrogen functional groups attached to an aromatic ring is 1. The summed E-state index contributed by atoms with van der Waals surface area (Å²) in [5, 5.41) is 2.06. The van der Waals surface area contributed by atoms with Crippen molar-refractivity contribution in [1.29, 1.82) is 0 Å². The van der Waals surface area contributed by atoms with Gasteiger partial charge >= 0.3 is 0 Å². The van der Waals surface area contributed by atoms with Crippen LogP contribution in [-0.2, 0) is 6.42 Å². The van der Waals surface area contributed by atoms with Gasteiger partial charge in [-0.2, -0.15) is 0 Å². The molecule has 90 valence electrons. The number of nitrogens with two attached hydrogens (primary N) is 1. The van der Waals surface area contributed by atoms with Crippen molar-refractivity contribution in [1.82, 2.24) is 0 Å². The molecule has 0 atom stereocenters. The highest BCUT2D eigenvalue weighted by molar-refractivity contribution is 7.09. The van der Waals surface area contributed by atoms with Crippen LogP contribution in [0.5, 0.6) is 0 Å². The Morgan fingerprint density at radius 1 is 1.35 bits per heavy atom. The first-order chi connectivity index (χ1) is 8.16. The molecule has 2 aromatic rings. The van der Waals surface area contributed by atoms with Crippen molar-refractivity contribution in [2.45, 2.75) is 6.42 Å². The molecular weight excluding hydrogens is 235 g/mol. The van der Waals surface area contributed by atoms with Gasteiger partial charge in [0.05, 0.1) is 11.4 Å². The van der Waals surface area contributed by atoms with E-state index in [0.29, 0.717) is 5.69 Å². The van der Waals surface area contributed by atoms with Gasteiger partial charge in [0.1, 0.15) is 5.82 Å². The molecule has 1 aromatic heterocycles. The molecule has 2 rings (SSSR count). The lowest BCUT2D eigenvalue weighted by molar-refractivity contribution is 0.627. The highest BCUT2D eigenvalue weighted by atomic mass is 32.1. The van der Waals surface area contributed by atoms with Crippen molar-refractivity contribution >= 4 is 22.7 Å². The molecule has 0 unspecified atom stereocenters. The van der Waals surface area contributed by atoms with Crippen molar-refractivity contribution in [3.8, 4) is 0 Å². The number of hydrogen-bond donors (Lipinski definition) is 1. The lowest BCUT2D eigenvalue weighted by Crippen LogP contribution is -2.21. The number of hydrogen-bond acceptors (Lipinski definition) is 3. The molecule has 0 saturated heterocycles. The van der Waals surface area contributed by atoms with Crippen LogP contribution in [-0.4, -0.2) is 13.6 Å². The molecule has 0 radical (unpaired) electrons. The van der Waals surface area contributed by atoms with Gasteiger partial charge in [-0.05, 0) is 36.1 Å². The lowest BCUT2D eigenvalue weighted by atomic mass is 10.2. The molecule has 0 fully saturated rings. The van der Waals surface area contributed by atoms with Gasteiger partial charge < -0.3 is 10.6 Å². The molecule has 4 heteroatoms. The van der Waals surface area contributed by atoms with Crippen LogP contribution in [0.15, 0.2) is 35.7 Å². The zero-order valence-electron chi connectivity index (χ0n) is 9.69. The average molecular weight is 250 g/mol. The summed E-state index contributed by atoms with van der Waals surface area (Å²) in [6.07, 6.45) is 0.949. The summed E-state index contributed by atoms with van der Waals surface area (Å²) in [6.45, 7) is 0.828. The Balaban J connectivity index is 2.04. The number of halogens is 1. The molecule has 1 aromatic carbocycles. The van der Waals surface area contributed by atoms with E-state index >= 15 is 0 Å². The topological polar surface area (TPSA) is 29.3 Å². The zero-order valence-corrected chi connectivity index (χ0v) is 10.5. The molecule has 0 aliphatic rings. The Morgan fingerprint density at radius 2 is 2.18 bits per heavy atom. The average Bonchev–Trinajstić information content (AvgIpc) is 2.82. The molecule has 0 saturated carbocycles. The monoisotopic (exact) mass is 250 g/mol. The Labute approximate surface area is 104 Å². The number of likely N-dealkylation sites (N-methyl/N-ethyl adjacent to an activating group) is 1. The van der Waals surface area contributed by atoms with Gasteiger partial charge in [0.2, 0.25) is 0 Å². The third-order valence-electron chi connectivity index (χ3n) is 2.68. The van der Waals surface area contributed by atoms with Gasteiger partial charge in [0.25, 0.3) is 0 Å². The fourth-order valence-corrected chi connectivity index (χ4v) is 2.40. The van der Waals surface area contributed by atoms with Crippen LogP contribution in [0.2, 0.25) is 0 Å². The van der Waals surface area contributed by atoms with E-state index in [-0.39, 0.29) is 5.82 Å². The maximum absolute atomic E-state index is 13.1. The Bertz CT molecular complexity index is 482. The summed E-state index contributed by atoms with van der Waals surface area (Å²) in [5.74, 6) is -0.253. The van der Waals surface area contributed by atoms with E-state index in [9.17, 15) is 4.39 Å². The van der Waals surface area contributed by atoms with Crippen LogP contribution in [0.1, 0.15) is 4.88 Å². The van der Waals surface area contributed by atoms with Gasteiger partial charge in [-0.15, -0.1) is 11.3 Å². The molecule has 17 heavy (non-hydrogen) atoms. The second-order valence-corrected chi connectivity index (χ2v) is 4.99. The number of benzene rings is 1. The number of nitrogens with zero attached hydrogens (tertiary/aromatic N) is 1. The van der Waals surface area contributed by atoms with Gasteiger partial charge in [-0.3, -0.25) is 0 Å². The van der Waals surface area contributed by atoms with E-state index in [1.165, 1.54) is 17.0 Å². The van der Waals surface area contributed by atoms with Gasteiger partial charge in [-0.1, -0.05) is 6.07 Å². The first kappa shape index (κ1) is 11.9. The second-order valence-electron chi connectivity index (χ2n) is 3.95. The van der Waals surface area contributed by atoms with Crippen molar-refractivity contribution in [3.63, 3.8) is 0 Å². The molecule has 0 aliphatic heterocycles. The maximum Gasteiger partial charge on any atom is 0.125 e. The summed E-state index contributed by atoms with van der Waals surface area (Å²) in [7, 11) is 1.93. The zero-order chi connectivity index (χ0) is 12.3. The molecule has 0 bridgehead atoms.